The fourth-order valence-corrected chi connectivity index (χ4v) is 9.81. The Morgan fingerprint density at radius 3 is 2.31 bits per heavy atom. The van der Waals surface area contributed by atoms with Gasteiger partial charge in [-0.3, -0.25) is 19.3 Å². The lowest BCUT2D eigenvalue weighted by atomic mass is 9.69. The molecule has 3 heterocycles. The molecule has 0 bridgehead atoms. The van der Waals surface area contributed by atoms with Gasteiger partial charge in [0.2, 0.25) is 0 Å². The van der Waals surface area contributed by atoms with E-state index in [1.807, 2.05) is 24.3 Å². The predicted octanol–water partition coefficient (Wildman–Crippen LogP) is 6.32. The first-order chi connectivity index (χ1) is 26.9. The zero-order chi connectivity index (χ0) is 37.5. The minimum absolute atomic E-state index is 0.0235. The zero-order valence-corrected chi connectivity index (χ0v) is 31.4. The van der Waals surface area contributed by atoms with Crippen LogP contribution in [-0.2, 0) is 27.3 Å². The van der Waals surface area contributed by atoms with Crippen LogP contribution in [0.15, 0.2) is 91.0 Å². The van der Waals surface area contributed by atoms with Crippen molar-refractivity contribution in [2.24, 2.45) is 0 Å². The number of anilines is 2. The highest BCUT2D eigenvalue weighted by Gasteiger charge is 2.39. The molecule has 9 rings (SSSR count). The molecule has 4 aromatic carbocycles. The quantitative estimate of drug-likeness (QED) is 0.200. The van der Waals surface area contributed by atoms with Gasteiger partial charge in [0.15, 0.2) is 5.78 Å². The lowest BCUT2D eigenvalue weighted by Gasteiger charge is -2.36. The molecule has 3 aliphatic heterocycles. The highest BCUT2D eigenvalue weighted by Crippen LogP contribution is 2.47. The van der Waals surface area contributed by atoms with Crippen LogP contribution in [0.4, 0.5) is 11.4 Å². The smallest absolute Gasteiger partial charge is 0.255 e. The van der Waals surface area contributed by atoms with Gasteiger partial charge in [-0.05, 0) is 102 Å². The van der Waals surface area contributed by atoms with Crippen molar-refractivity contribution in [2.45, 2.75) is 69.1 Å². The first-order valence-electron chi connectivity index (χ1n) is 20.2. The number of aromatic hydroxyl groups is 1. The van der Waals surface area contributed by atoms with Crippen LogP contribution in [0, 0.1) is 0 Å². The van der Waals surface area contributed by atoms with Gasteiger partial charge in [-0.25, -0.2) is 0 Å². The molecule has 284 valence electrons. The van der Waals surface area contributed by atoms with E-state index >= 15 is 0 Å². The van der Waals surface area contributed by atoms with Crippen LogP contribution in [0.3, 0.4) is 0 Å². The molecule has 0 radical (unpaired) electrons. The van der Waals surface area contributed by atoms with E-state index in [4.69, 9.17) is 4.74 Å². The van der Waals surface area contributed by atoms with E-state index in [1.54, 1.807) is 4.90 Å². The van der Waals surface area contributed by atoms with Gasteiger partial charge in [-0.1, -0.05) is 48.5 Å². The molecule has 1 amide bonds. The van der Waals surface area contributed by atoms with E-state index in [2.05, 4.69) is 81.4 Å². The largest absolute Gasteiger partial charge is 0.508 e. The lowest BCUT2D eigenvalue weighted by Crippen LogP contribution is -2.47. The Labute approximate surface area is 323 Å². The summed E-state index contributed by atoms with van der Waals surface area (Å²) in [5.74, 6) is 0.737. The Hall–Kier alpha value is -4.99. The number of phenols is 1. The van der Waals surface area contributed by atoms with Crippen LogP contribution in [0.1, 0.15) is 82.1 Å². The molecular weight excluding hydrogens is 689 g/mol. The number of Topliss-reactive ketones (excluding diaryl/α,β-unsaturated/α-hetero) is 2. The fourth-order valence-electron chi connectivity index (χ4n) is 9.81. The Morgan fingerprint density at radius 2 is 1.51 bits per heavy atom. The van der Waals surface area contributed by atoms with Crippen LogP contribution in [0.5, 0.6) is 5.75 Å². The Balaban J connectivity index is 0.753. The molecule has 1 N–H and O–H groups in total. The second kappa shape index (κ2) is 15.3. The first kappa shape index (κ1) is 35.7. The molecule has 5 aliphatic rings. The minimum Gasteiger partial charge on any atom is -0.508 e. The van der Waals surface area contributed by atoms with Crippen LogP contribution < -0.4 is 9.80 Å². The third-order valence-corrected chi connectivity index (χ3v) is 12.8. The second-order valence-electron chi connectivity index (χ2n) is 16.1. The first-order valence-corrected chi connectivity index (χ1v) is 20.2. The number of phenolic OH excluding ortho intramolecular Hbond substituents is 1. The average Bonchev–Trinajstić information content (AvgIpc) is 3.82. The highest BCUT2D eigenvalue weighted by atomic mass is 16.5. The molecule has 3 fully saturated rings. The second-order valence-corrected chi connectivity index (χ2v) is 16.1. The lowest BCUT2D eigenvalue weighted by molar-refractivity contribution is -0.133. The molecule has 2 saturated heterocycles. The van der Waals surface area contributed by atoms with E-state index in [1.165, 1.54) is 27.9 Å². The molecule has 55 heavy (non-hydrogen) atoms. The van der Waals surface area contributed by atoms with E-state index in [9.17, 15) is 19.5 Å². The summed E-state index contributed by atoms with van der Waals surface area (Å²) in [6.07, 6.45) is 4.02. The number of ketones is 2. The molecule has 0 spiro atoms. The Bertz CT molecular complexity index is 2060. The number of nitrogens with zero attached hydrogens (tertiary/aromatic N) is 4. The topological polar surface area (TPSA) is 93.6 Å². The summed E-state index contributed by atoms with van der Waals surface area (Å²) in [4.78, 5) is 46.4. The van der Waals surface area contributed by atoms with E-state index < -0.39 is 6.04 Å². The van der Waals surface area contributed by atoms with Gasteiger partial charge in [-0.2, -0.15) is 0 Å². The molecule has 9 heteroatoms. The van der Waals surface area contributed by atoms with Gasteiger partial charge in [0.05, 0.1) is 25.2 Å². The number of amides is 1. The summed E-state index contributed by atoms with van der Waals surface area (Å²) in [7, 11) is 0. The van der Waals surface area contributed by atoms with Gasteiger partial charge in [-0.15, -0.1) is 0 Å². The fraction of sp³-hybridized carbons (Fsp3) is 0.413. The van der Waals surface area contributed by atoms with Gasteiger partial charge >= 0.3 is 0 Å². The van der Waals surface area contributed by atoms with Crippen molar-refractivity contribution in [3.05, 3.63) is 124 Å². The van der Waals surface area contributed by atoms with Crippen molar-refractivity contribution >= 4 is 28.8 Å². The molecule has 9 nitrogen and oxygen atoms in total. The number of carbonyl (C=O) groups excluding carboxylic acids is 3. The Kier molecular flexibility index (Phi) is 9.91. The van der Waals surface area contributed by atoms with Gasteiger partial charge in [0.1, 0.15) is 11.5 Å². The third kappa shape index (κ3) is 7.28. The molecule has 0 aromatic heterocycles. The standard InChI is InChI=1S/C46H50N4O5/c51-37-12-16-41-33(27-37)8-14-40(31-4-2-1-3-5-31)45(41)32-6-9-35(10-7-32)49-19-18-39(30-49)55-25-24-47-20-22-48(23-21-47)36-11-15-42-34(26-36)29-50(46(42)54)43-17-13-38(52)28-44(43)53/h1-7,9-12,15-16,26-27,39-40,43,45,51H,8,13-14,17-25,28-30H2/t39-,40-,43?,45+/m1/s1. The van der Waals surface area contributed by atoms with E-state index in [0.717, 1.165) is 82.9 Å². The summed E-state index contributed by atoms with van der Waals surface area (Å²) in [6.45, 7) is 7.68. The molecule has 1 saturated carbocycles. The summed E-state index contributed by atoms with van der Waals surface area (Å²) < 4.78 is 6.44. The summed E-state index contributed by atoms with van der Waals surface area (Å²) in [6, 6.07) is 31.6. The number of ether oxygens (including phenoxy) is 1. The van der Waals surface area contributed by atoms with Crippen molar-refractivity contribution in [1.82, 2.24) is 9.80 Å². The molecule has 4 aromatic rings. The van der Waals surface area contributed by atoms with Crippen LogP contribution in [0.2, 0.25) is 0 Å². The average molecular weight is 739 g/mol. The van der Waals surface area contributed by atoms with Gasteiger partial charge in [0, 0.05) is 81.6 Å². The molecular formula is C46H50N4O5. The van der Waals surface area contributed by atoms with E-state index in [0.29, 0.717) is 36.6 Å². The van der Waals surface area contributed by atoms with Crippen LogP contribution in [0.25, 0.3) is 0 Å². The summed E-state index contributed by atoms with van der Waals surface area (Å²) in [5.41, 5.74) is 9.28. The van der Waals surface area contributed by atoms with Crippen molar-refractivity contribution in [3.63, 3.8) is 0 Å². The Morgan fingerprint density at radius 1 is 0.709 bits per heavy atom. The van der Waals surface area contributed by atoms with Crippen molar-refractivity contribution in [3.8, 4) is 5.75 Å². The summed E-state index contributed by atoms with van der Waals surface area (Å²) in [5, 5.41) is 10.2. The molecule has 1 unspecified atom stereocenters. The third-order valence-electron chi connectivity index (χ3n) is 12.8. The maximum atomic E-state index is 13.1. The van der Waals surface area contributed by atoms with Crippen LogP contribution in [-0.4, -0.2) is 96.9 Å². The number of aryl methyl sites for hydroxylation is 1. The number of rotatable bonds is 9. The normalized spacial score (nSPS) is 24.4. The SMILES string of the molecule is O=C1CCC(N2Cc3cc(N4CCN(CCO[C@@H]5CCN(c6ccc([C@@H]7c8ccc(O)cc8CC[C@@H]7c7ccccc7)cc6)C5)CC4)ccc3C2=O)C(=O)C1. The summed E-state index contributed by atoms with van der Waals surface area (Å²) >= 11 is 0. The zero-order valence-electron chi connectivity index (χ0n) is 31.4. The van der Waals surface area contributed by atoms with Crippen molar-refractivity contribution in [2.75, 3.05) is 62.2 Å². The monoisotopic (exact) mass is 738 g/mol. The number of fused-ring (bicyclic) bond motifs is 2. The van der Waals surface area contributed by atoms with E-state index in [-0.39, 0.29) is 35.9 Å². The number of hydrogen-bond acceptors (Lipinski definition) is 8. The van der Waals surface area contributed by atoms with Crippen molar-refractivity contribution in [1.29, 1.82) is 0 Å². The highest BCUT2D eigenvalue weighted by molar-refractivity contribution is 6.07. The predicted molar refractivity (Wildman–Crippen MR) is 213 cm³/mol. The maximum Gasteiger partial charge on any atom is 0.255 e. The van der Waals surface area contributed by atoms with Crippen LogP contribution >= 0.6 is 0 Å². The minimum atomic E-state index is -0.483. The van der Waals surface area contributed by atoms with Gasteiger partial charge < -0.3 is 24.5 Å². The number of piperazine rings is 1. The van der Waals surface area contributed by atoms with Gasteiger partial charge in [0.25, 0.3) is 5.91 Å². The number of hydrogen-bond donors (Lipinski definition) is 1. The number of carbonyl (C=O) groups is 3. The molecule has 2 aliphatic carbocycles. The number of benzene rings is 4. The maximum absolute atomic E-state index is 13.1. The molecule has 4 atom stereocenters. The van der Waals surface area contributed by atoms with Crippen molar-refractivity contribution < 1.29 is 24.2 Å².